The first-order valence-corrected chi connectivity index (χ1v) is 4.64. The molecule has 13 heavy (non-hydrogen) atoms. The predicted molar refractivity (Wildman–Crippen MR) is 54.8 cm³/mol. The summed E-state index contributed by atoms with van der Waals surface area (Å²) in [4.78, 5) is 4.02. The Hall–Kier alpha value is -1.00. The number of oxazole rings is 1. The van der Waals surface area contributed by atoms with Crippen molar-refractivity contribution in [3.8, 4) is 0 Å². The molecule has 0 aliphatic carbocycles. The van der Waals surface area contributed by atoms with Crippen LogP contribution in [0.4, 0.5) is 0 Å². The molecule has 1 aromatic carbocycles. The van der Waals surface area contributed by atoms with E-state index in [4.69, 9.17) is 10.2 Å². The number of benzene rings is 1. The first-order valence-electron chi connectivity index (χ1n) is 4.01. The van der Waals surface area contributed by atoms with Crippen LogP contribution in [-0.2, 0) is 0 Å². The fourth-order valence-corrected chi connectivity index (χ4v) is 1.42. The second-order valence-corrected chi connectivity index (χ2v) is 3.23. The van der Waals surface area contributed by atoms with E-state index in [2.05, 4.69) is 17.6 Å². The zero-order valence-electron chi connectivity index (χ0n) is 6.97. The number of fused-ring (bicyclic) bond motifs is 1. The van der Waals surface area contributed by atoms with Crippen LogP contribution in [0.15, 0.2) is 29.0 Å². The van der Waals surface area contributed by atoms with Gasteiger partial charge in [0.15, 0.2) is 12.0 Å². The third-order valence-corrected chi connectivity index (χ3v) is 2.37. The number of rotatable bonds is 2. The Morgan fingerprint density at radius 3 is 3.15 bits per heavy atom. The second-order valence-electron chi connectivity index (χ2n) is 2.87. The van der Waals surface area contributed by atoms with Crippen LogP contribution in [0.5, 0.6) is 0 Å². The standard InChI is InChI=1S/C9H10N2OS/c10-7(4-13)6-1-2-8-9(3-6)12-5-11-8/h1-3,5,7,13H,4,10H2. The van der Waals surface area contributed by atoms with E-state index >= 15 is 0 Å². The summed E-state index contributed by atoms with van der Waals surface area (Å²) >= 11 is 4.13. The van der Waals surface area contributed by atoms with Crippen molar-refractivity contribution in [2.24, 2.45) is 5.73 Å². The lowest BCUT2D eigenvalue weighted by molar-refractivity contribution is 0.601. The SMILES string of the molecule is NC(CS)c1ccc2ncoc2c1. The minimum absolute atomic E-state index is 0.0437. The van der Waals surface area contributed by atoms with Gasteiger partial charge in [0.2, 0.25) is 0 Å². The summed E-state index contributed by atoms with van der Waals surface area (Å²) in [5.74, 6) is 0.625. The van der Waals surface area contributed by atoms with Crippen LogP contribution in [0.3, 0.4) is 0 Å². The molecule has 1 heterocycles. The largest absolute Gasteiger partial charge is 0.443 e. The van der Waals surface area contributed by atoms with Gasteiger partial charge in [-0.2, -0.15) is 12.6 Å². The summed E-state index contributed by atoms with van der Waals surface area (Å²) in [7, 11) is 0. The maximum Gasteiger partial charge on any atom is 0.181 e. The van der Waals surface area contributed by atoms with Crippen LogP contribution in [0.1, 0.15) is 11.6 Å². The summed E-state index contributed by atoms with van der Waals surface area (Å²) in [6.45, 7) is 0. The van der Waals surface area contributed by atoms with Crippen LogP contribution < -0.4 is 5.73 Å². The van der Waals surface area contributed by atoms with Gasteiger partial charge < -0.3 is 10.2 Å². The molecule has 0 aliphatic rings. The van der Waals surface area contributed by atoms with Crippen LogP contribution in [0.25, 0.3) is 11.1 Å². The van der Waals surface area contributed by atoms with Crippen molar-refractivity contribution in [3.05, 3.63) is 30.2 Å². The lowest BCUT2D eigenvalue weighted by Gasteiger charge is -2.07. The molecule has 0 bridgehead atoms. The highest BCUT2D eigenvalue weighted by atomic mass is 32.1. The molecule has 0 saturated heterocycles. The summed E-state index contributed by atoms with van der Waals surface area (Å²) < 4.78 is 5.16. The van der Waals surface area contributed by atoms with E-state index in [-0.39, 0.29) is 6.04 Å². The van der Waals surface area contributed by atoms with Crippen molar-refractivity contribution in [1.29, 1.82) is 0 Å². The summed E-state index contributed by atoms with van der Waals surface area (Å²) in [6, 6.07) is 5.71. The molecule has 4 heteroatoms. The van der Waals surface area contributed by atoms with E-state index in [0.717, 1.165) is 16.7 Å². The Morgan fingerprint density at radius 1 is 1.54 bits per heavy atom. The molecule has 0 spiro atoms. The molecule has 0 saturated carbocycles. The van der Waals surface area contributed by atoms with Crippen molar-refractivity contribution in [1.82, 2.24) is 4.98 Å². The Balaban J connectivity index is 2.48. The number of thiol groups is 1. The van der Waals surface area contributed by atoms with Gasteiger partial charge in [0, 0.05) is 11.8 Å². The van der Waals surface area contributed by atoms with E-state index < -0.39 is 0 Å². The van der Waals surface area contributed by atoms with Crippen molar-refractivity contribution in [2.75, 3.05) is 5.75 Å². The smallest absolute Gasteiger partial charge is 0.181 e. The lowest BCUT2D eigenvalue weighted by Crippen LogP contribution is -2.11. The third kappa shape index (κ3) is 1.55. The Kier molecular flexibility index (Phi) is 2.24. The molecule has 1 atom stereocenters. The zero-order chi connectivity index (χ0) is 9.26. The molecule has 3 nitrogen and oxygen atoms in total. The highest BCUT2D eigenvalue weighted by Crippen LogP contribution is 2.18. The van der Waals surface area contributed by atoms with E-state index in [9.17, 15) is 0 Å². The van der Waals surface area contributed by atoms with Gasteiger partial charge in [0.1, 0.15) is 5.52 Å². The molecular weight excluding hydrogens is 184 g/mol. The van der Waals surface area contributed by atoms with Crippen LogP contribution in [0, 0.1) is 0 Å². The molecule has 2 rings (SSSR count). The van der Waals surface area contributed by atoms with Crippen molar-refractivity contribution in [3.63, 3.8) is 0 Å². The first kappa shape index (κ1) is 8.59. The van der Waals surface area contributed by atoms with Gasteiger partial charge in [-0.25, -0.2) is 4.98 Å². The molecule has 0 fully saturated rings. The van der Waals surface area contributed by atoms with Gasteiger partial charge in [0.25, 0.3) is 0 Å². The van der Waals surface area contributed by atoms with Gasteiger partial charge in [-0.05, 0) is 17.7 Å². The van der Waals surface area contributed by atoms with E-state index in [0.29, 0.717) is 5.75 Å². The quantitative estimate of drug-likeness (QED) is 0.716. The molecule has 2 aromatic rings. The maximum absolute atomic E-state index is 5.82. The average molecular weight is 194 g/mol. The highest BCUT2D eigenvalue weighted by Gasteiger charge is 2.05. The predicted octanol–water partition coefficient (Wildman–Crippen LogP) is 1.76. The van der Waals surface area contributed by atoms with Gasteiger partial charge in [0.05, 0.1) is 0 Å². The molecule has 0 amide bonds. The molecule has 0 radical (unpaired) electrons. The molecule has 1 unspecified atom stereocenters. The Labute approximate surface area is 81.4 Å². The van der Waals surface area contributed by atoms with Crippen LogP contribution in [0.2, 0.25) is 0 Å². The van der Waals surface area contributed by atoms with E-state index in [1.54, 1.807) is 0 Å². The van der Waals surface area contributed by atoms with Crippen LogP contribution in [-0.4, -0.2) is 10.7 Å². The maximum atomic E-state index is 5.82. The highest BCUT2D eigenvalue weighted by molar-refractivity contribution is 7.80. The van der Waals surface area contributed by atoms with Crippen LogP contribution >= 0.6 is 12.6 Å². The zero-order valence-corrected chi connectivity index (χ0v) is 7.87. The number of hydrogen-bond donors (Lipinski definition) is 2. The molecule has 1 aromatic heterocycles. The van der Waals surface area contributed by atoms with Gasteiger partial charge in [-0.1, -0.05) is 6.07 Å². The van der Waals surface area contributed by atoms with E-state index in [1.165, 1.54) is 6.39 Å². The first-order chi connectivity index (χ1) is 6.31. The van der Waals surface area contributed by atoms with Crippen molar-refractivity contribution < 1.29 is 4.42 Å². The molecule has 0 aliphatic heterocycles. The topological polar surface area (TPSA) is 52.0 Å². The summed E-state index contributed by atoms with van der Waals surface area (Å²) in [5, 5.41) is 0. The normalized spacial score (nSPS) is 13.4. The lowest BCUT2D eigenvalue weighted by atomic mass is 10.1. The van der Waals surface area contributed by atoms with Gasteiger partial charge in [-0.15, -0.1) is 0 Å². The number of aromatic nitrogens is 1. The second kappa shape index (κ2) is 3.40. The molecule has 68 valence electrons. The number of hydrogen-bond acceptors (Lipinski definition) is 4. The van der Waals surface area contributed by atoms with Gasteiger partial charge in [-0.3, -0.25) is 0 Å². The fraction of sp³-hybridized carbons (Fsp3) is 0.222. The molecular formula is C9H10N2OS. The Morgan fingerprint density at radius 2 is 2.38 bits per heavy atom. The van der Waals surface area contributed by atoms with Gasteiger partial charge >= 0.3 is 0 Å². The number of nitrogens with zero attached hydrogens (tertiary/aromatic N) is 1. The fourth-order valence-electron chi connectivity index (χ4n) is 1.21. The minimum Gasteiger partial charge on any atom is -0.443 e. The Bertz CT molecular complexity index is 413. The summed E-state index contributed by atoms with van der Waals surface area (Å²) in [5.41, 5.74) is 8.47. The third-order valence-electron chi connectivity index (χ3n) is 1.98. The van der Waals surface area contributed by atoms with E-state index in [1.807, 2.05) is 18.2 Å². The molecule has 2 N–H and O–H groups in total. The monoisotopic (exact) mass is 194 g/mol. The minimum atomic E-state index is -0.0437. The summed E-state index contributed by atoms with van der Waals surface area (Å²) in [6.07, 6.45) is 1.43. The average Bonchev–Trinajstić information content (AvgIpc) is 2.63. The van der Waals surface area contributed by atoms with Crippen molar-refractivity contribution >= 4 is 23.7 Å². The number of nitrogens with two attached hydrogens (primary N) is 1. The van der Waals surface area contributed by atoms with Crippen molar-refractivity contribution in [2.45, 2.75) is 6.04 Å².